The molecule has 0 aromatic heterocycles. The van der Waals surface area contributed by atoms with Gasteiger partial charge in [-0.15, -0.1) is 41.8 Å². The second kappa shape index (κ2) is 3.89. The molecular weight excluding hydrogens is 252 g/mol. The topological polar surface area (TPSA) is 0 Å². The van der Waals surface area contributed by atoms with Crippen LogP contribution < -0.4 is 0 Å². The summed E-state index contributed by atoms with van der Waals surface area (Å²) >= 11 is 0. The Labute approximate surface area is 123 Å². The fourth-order valence-electron chi connectivity index (χ4n) is 3.54. The predicted octanol–water partition coefficient (Wildman–Crippen LogP) is 5.97. The molecule has 3 aromatic carbocycles. The molecule has 0 amide bonds. The van der Waals surface area contributed by atoms with Crippen LogP contribution in [0, 0.1) is 0 Å². The summed E-state index contributed by atoms with van der Waals surface area (Å²) in [5, 5.41) is 8.04. The maximum absolute atomic E-state index is 2.31. The van der Waals surface area contributed by atoms with Crippen molar-refractivity contribution in [3.05, 3.63) is 78.9 Å². The van der Waals surface area contributed by atoms with Gasteiger partial charge >= 0.3 is 0 Å². The van der Waals surface area contributed by atoms with Crippen molar-refractivity contribution in [1.29, 1.82) is 0 Å². The van der Waals surface area contributed by atoms with E-state index in [-0.39, 0.29) is 0 Å². The van der Waals surface area contributed by atoms with Crippen molar-refractivity contribution in [2.24, 2.45) is 0 Å². The van der Waals surface area contributed by atoms with Crippen molar-refractivity contribution in [3.63, 3.8) is 0 Å². The van der Waals surface area contributed by atoms with Crippen LogP contribution in [0.1, 0.15) is 0 Å². The molecule has 98 valence electrons. The molecule has 21 heavy (non-hydrogen) atoms. The molecule has 3 aromatic rings. The van der Waals surface area contributed by atoms with Gasteiger partial charge < -0.3 is 0 Å². The molecule has 0 atom stereocenters. The van der Waals surface area contributed by atoms with Crippen LogP contribution in [-0.4, -0.2) is 0 Å². The largest absolute Gasteiger partial charge is 0.129 e. The summed E-state index contributed by atoms with van der Waals surface area (Å²) in [4.78, 5) is 0. The van der Waals surface area contributed by atoms with Crippen LogP contribution in [0.2, 0.25) is 0 Å². The molecule has 0 radical (unpaired) electrons. The maximum atomic E-state index is 2.31. The molecule has 2 aliphatic rings. The Hall–Kier alpha value is -2.73. The molecule has 0 spiro atoms. The number of hydrogen-bond donors (Lipinski definition) is 0. The van der Waals surface area contributed by atoms with Gasteiger partial charge in [0.1, 0.15) is 0 Å². The molecule has 0 unspecified atom stereocenters. The normalized spacial score (nSPS) is 11.8. The van der Waals surface area contributed by atoms with Crippen LogP contribution in [0.4, 0.5) is 0 Å². The van der Waals surface area contributed by atoms with Crippen molar-refractivity contribution in [1.82, 2.24) is 0 Å². The van der Waals surface area contributed by atoms with Crippen LogP contribution >= 0.6 is 0 Å². The summed E-state index contributed by atoms with van der Waals surface area (Å²) in [6.45, 7) is 0. The van der Waals surface area contributed by atoms with E-state index in [0.717, 1.165) is 0 Å². The molecule has 0 nitrogen and oxygen atoms in total. The van der Waals surface area contributed by atoms with Gasteiger partial charge in [0.2, 0.25) is 0 Å². The lowest BCUT2D eigenvalue weighted by Crippen LogP contribution is -1.80. The van der Waals surface area contributed by atoms with Crippen LogP contribution in [0.3, 0.4) is 0 Å². The first-order chi connectivity index (χ1) is 10.4. The summed E-state index contributed by atoms with van der Waals surface area (Å²) < 4.78 is 0. The third-order valence-corrected chi connectivity index (χ3v) is 4.48. The van der Waals surface area contributed by atoms with Gasteiger partial charge in [-0.25, -0.2) is 0 Å². The minimum Gasteiger partial charge on any atom is -0.129 e. The van der Waals surface area contributed by atoms with Crippen LogP contribution in [0.25, 0.3) is 43.4 Å². The van der Waals surface area contributed by atoms with Crippen LogP contribution in [-0.2, 0) is 0 Å². The second-order valence-corrected chi connectivity index (χ2v) is 5.65. The highest BCUT2D eigenvalue weighted by Crippen LogP contribution is 2.42. The smallest absolute Gasteiger partial charge is 0.0174 e. The lowest BCUT2D eigenvalue weighted by molar-refractivity contribution is 1.75. The van der Waals surface area contributed by atoms with E-state index in [4.69, 9.17) is 0 Å². The van der Waals surface area contributed by atoms with E-state index in [0.29, 0.717) is 0 Å². The molecule has 0 heteroatoms. The maximum Gasteiger partial charge on any atom is -0.0174 e. The third kappa shape index (κ3) is 1.42. The highest BCUT2D eigenvalue weighted by atomic mass is 14.2. The Morgan fingerprint density at radius 3 is 2.52 bits per heavy atom. The Kier molecular flexibility index (Phi) is 2.04. The third-order valence-electron chi connectivity index (χ3n) is 4.48. The zero-order chi connectivity index (χ0) is 13.8. The Morgan fingerprint density at radius 1 is 0.667 bits per heavy atom. The monoisotopic (exact) mass is 265 g/mol. The van der Waals surface area contributed by atoms with Crippen molar-refractivity contribution in [3.8, 4) is 11.1 Å². The fourth-order valence-corrected chi connectivity index (χ4v) is 3.54. The van der Waals surface area contributed by atoms with Crippen LogP contribution in [0.5, 0.6) is 0 Å². The average Bonchev–Trinajstić information content (AvgIpc) is 2.94. The summed E-state index contributed by atoms with van der Waals surface area (Å²) in [5.74, 6) is 0. The van der Waals surface area contributed by atoms with Crippen molar-refractivity contribution >= 4 is 32.3 Å². The van der Waals surface area contributed by atoms with Gasteiger partial charge in [-0.1, -0.05) is 59.0 Å². The van der Waals surface area contributed by atoms with Crippen molar-refractivity contribution in [2.75, 3.05) is 0 Å². The molecule has 0 fully saturated rings. The van der Waals surface area contributed by atoms with Crippen molar-refractivity contribution in [2.45, 2.75) is 0 Å². The first kappa shape index (κ1) is 11.0. The van der Waals surface area contributed by atoms with E-state index in [1.807, 2.05) is 0 Å². The highest BCUT2D eigenvalue weighted by molar-refractivity contribution is 6.22. The van der Waals surface area contributed by atoms with Gasteiger partial charge in [-0.05, 0) is 21.5 Å². The Balaban J connectivity index is 2.14. The van der Waals surface area contributed by atoms with E-state index in [1.54, 1.807) is 0 Å². The molecule has 0 N–H and O–H groups in total. The zero-order valence-corrected chi connectivity index (χ0v) is 11.5. The van der Waals surface area contributed by atoms with E-state index in [9.17, 15) is 0 Å². The minimum atomic E-state index is 1.31. The van der Waals surface area contributed by atoms with E-state index < -0.39 is 0 Å². The van der Waals surface area contributed by atoms with E-state index >= 15 is 0 Å². The lowest BCUT2D eigenvalue weighted by Gasteiger charge is -2.13. The minimum absolute atomic E-state index is 1.31. The summed E-state index contributed by atoms with van der Waals surface area (Å²) in [5.41, 5.74) is 2.72. The number of fused-ring (bicyclic) bond motifs is 7. The summed E-state index contributed by atoms with van der Waals surface area (Å²) in [6, 6.07) is 28.6. The standard InChI is InChI=1S/C21H13/c1-3-7-18-14(5-1)9-11-16-13-17-12-10-15-6-2-4-8-19(15)21(17)20(16)18/h1-13H/q-1. The summed E-state index contributed by atoms with van der Waals surface area (Å²) in [7, 11) is 0. The van der Waals surface area contributed by atoms with Gasteiger partial charge in [-0.3, -0.25) is 0 Å². The number of benzene rings is 4. The molecular formula is C21H13-. The van der Waals surface area contributed by atoms with E-state index in [1.165, 1.54) is 43.4 Å². The molecule has 5 rings (SSSR count). The first-order valence-electron chi connectivity index (χ1n) is 7.30. The Morgan fingerprint density at radius 2 is 1.52 bits per heavy atom. The first-order valence-corrected chi connectivity index (χ1v) is 7.30. The molecule has 0 saturated heterocycles. The van der Waals surface area contributed by atoms with E-state index in [2.05, 4.69) is 78.9 Å². The van der Waals surface area contributed by atoms with Gasteiger partial charge in [0.05, 0.1) is 0 Å². The molecule has 0 saturated carbocycles. The average molecular weight is 265 g/mol. The molecule has 2 aliphatic carbocycles. The van der Waals surface area contributed by atoms with Crippen LogP contribution in [0.15, 0.2) is 78.9 Å². The Bertz CT molecular complexity index is 1080. The number of hydrogen-bond acceptors (Lipinski definition) is 0. The summed E-state index contributed by atoms with van der Waals surface area (Å²) in [6.07, 6.45) is 0. The number of rotatable bonds is 0. The van der Waals surface area contributed by atoms with Gasteiger partial charge in [0, 0.05) is 0 Å². The second-order valence-electron chi connectivity index (χ2n) is 5.65. The molecule has 0 heterocycles. The lowest BCUT2D eigenvalue weighted by atomic mass is 9.96. The quantitative estimate of drug-likeness (QED) is 0.303. The predicted molar refractivity (Wildman–Crippen MR) is 91.2 cm³/mol. The zero-order valence-electron chi connectivity index (χ0n) is 11.5. The molecule has 0 aliphatic heterocycles. The molecule has 0 bridgehead atoms. The van der Waals surface area contributed by atoms with Gasteiger partial charge in [0.25, 0.3) is 0 Å². The highest BCUT2D eigenvalue weighted by Gasteiger charge is 2.10. The fraction of sp³-hybridized carbons (Fsp3) is 0. The van der Waals surface area contributed by atoms with Gasteiger partial charge in [0.15, 0.2) is 0 Å². The van der Waals surface area contributed by atoms with Gasteiger partial charge in [-0.2, -0.15) is 0 Å². The SMILES string of the molecule is c1ccc2c(c1)ccc1cc3cc[c-]4ccccc4c-3c12. The van der Waals surface area contributed by atoms with Crippen molar-refractivity contribution < 1.29 is 0 Å².